The van der Waals surface area contributed by atoms with Crippen molar-refractivity contribution in [3.8, 4) is 11.6 Å². The van der Waals surface area contributed by atoms with Crippen LogP contribution in [0.1, 0.15) is 17.7 Å². The molecule has 0 saturated heterocycles. The molecule has 5 aromatic rings. The number of aryl methyl sites for hydroxylation is 2. The number of aromatic nitrogens is 5. The highest BCUT2D eigenvalue weighted by atomic mass is 35.5. The first-order valence-corrected chi connectivity index (χ1v) is 10.5. The monoisotopic (exact) mass is 432 g/mol. The van der Waals surface area contributed by atoms with Crippen LogP contribution < -0.4 is 5.32 Å². The molecular weight excluding hydrogens is 412 g/mol. The Morgan fingerprint density at radius 3 is 3.00 bits per heavy atom. The second-order valence-electron chi connectivity index (χ2n) is 7.38. The number of hydrogen-bond acceptors (Lipinski definition) is 5. The molecule has 0 saturated carbocycles. The summed E-state index contributed by atoms with van der Waals surface area (Å²) in [7, 11) is 0. The van der Waals surface area contributed by atoms with Gasteiger partial charge in [0.25, 0.3) is 0 Å². The van der Waals surface area contributed by atoms with Crippen LogP contribution >= 0.6 is 11.6 Å². The van der Waals surface area contributed by atoms with Crippen molar-refractivity contribution >= 4 is 28.2 Å². The SMILES string of the molecule is Clc1ccc2cc(-c3nc(CNc4cccc(CCCn5ccnn5)c4)co3)[nH]c2c1. The lowest BCUT2D eigenvalue weighted by atomic mass is 10.1. The van der Waals surface area contributed by atoms with Gasteiger partial charge < -0.3 is 14.7 Å². The van der Waals surface area contributed by atoms with Gasteiger partial charge in [0.2, 0.25) is 5.89 Å². The van der Waals surface area contributed by atoms with Crippen molar-refractivity contribution in [1.29, 1.82) is 0 Å². The molecule has 8 heteroatoms. The van der Waals surface area contributed by atoms with E-state index in [4.69, 9.17) is 16.0 Å². The topological polar surface area (TPSA) is 84.6 Å². The summed E-state index contributed by atoms with van der Waals surface area (Å²) in [6, 6.07) is 16.2. The zero-order valence-electron chi connectivity index (χ0n) is 16.8. The quantitative estimate of drug-likeness (QED) is 0.347. The minimum absolute atomic E-state index is 0.561. The molecule has 3 heterocycles. The molecule has 0 aliphatic carbocycles. The van der Waals surface area contributed by atoms with E-state index in [0.717, 1.165) is 47.4 Å². The smallest absolute Gasteiger partial charge is 0.243 e. The number of aromatic amines is 1. The van der Waals surface area contributed by atoms with Crippen LogP contribution in [0.3, 0.4) is 0 Å². The molecule has 156 valence electrons. The lowest BCUT2D eigenvalue weighted by Gasteiger charge is -2.07. The van der Waals surface area contributed by atoms with Crippen molar-refractivity contribution in [1.82, 2.24) is 25.0 Å². The number of rotatable bonds is 8. The van der Waals surface area contributed by atoms with Gasteiger partial charge in [0.15, 0.2) is 0 Å². The lowest BCUT2D eigenvalue weighted by molar-refractivity contribution is 0.559. The van der Waals surface area contributed by atoms with Crippen LogP contribution in [-0.2, 0) is 19.5 Å². The Hall–Kier alpha value is -3.58. The predicted octanol–water partition coefficient (Wildman–Crippen LogP) is 5.31. The lowest BCUT2D eigenvalue weighted by Crippen LogP contribution is -2.02. The highest BCUT2D eigenvalue weighted by Crippen LogP contribution is 2.26. The molecule has 0 amide bonds. The van der Waals surface area contributed by atoms with Gasteiger partial charge in [-0.15, -0.1) is 5.10 Å². The Kier molecular flexibility index (Phi) is 5.41. The minimum Gasteiger partial charge on any atom is -0.443 e. The van der Waals surface area contributed by atoms with Crippen LogP contribution in [-0.4, -0.2) is 25.0 Å². The van der Waals surface area contributed by atoms with Crippen molar-refractivity contribution in [3.05, 3.63) is 83.5 Å². The summed E-state index contributed by atoms with van der Waals surface area (Å²) in [4.78, 5) is 7.91. The molecule has 5 rings (SSSR count). The normalized spacial score (nSPS) is 11.3. The van der Waals surface area contributed by atoms with Gasteiger partial charge in [-0.1, -0.05) is 35.0 Å². The van der Waals surface area contributed by atoms with Crippen LogP contribution in [0.25, 0.3) is 22.5 Å². The zero-order valence-corrected chi connectivity index (χ0v) is 17.5. The minimum atomic E-state index is 0.561. The fraction of sp³-hybridized carbons (Fsp3) is 0.174. The van der Waals surface area contributed by atoms with Crippen molar-refractivity contribution in [3.63, 3.8) is 0 Å². The summed E-state index contributed by atoms with van der Waals surface area (Å²) in [5.74, 6) is 0.561. The number of nitrogens with one attached hydrogen (secondary N) is 2. The molecule has 31 heavy (non-hydrogen) atoms. The van der Waals surface area contributed by atoms with Gasteiger partial charge in [-0.25, -0.2) is 4.98 Å². The van der Waals surface area contributed by atoms with Crippen molar-refractivity contribution in [2.24, 2.45) is 0 Å². The molecule has 2 N–H and O–H groups in total. The molecular formula is C23H21ClN6O. The molecule has 0 aliphatic heterocycles. The molecule has 7 nitrogen and oxygen atoms in total. The molecule has 0 aliphatic rings. The Morgan fingerprint density at radius 1 is 1.13 bits per heavy atom. The van der Waals surface area contributed by atoms with Crippen LogP contribution in [0.4, 0.5) is 5.69 Å². The second-order valence-corrected chi connectivity index (χ2v) is 7.82. The van der Waals surface area contributed by atoms with Crippen molar-refractivity contribution < 1.29 is 4.42 Å². The number of halogens is 1. The third-order valence-corrected chi connectivity index (χ3v) is 5.33. The fourth-order valence-corrected chi connectivity index (χ4v) is 3.73. The number of hydrogen-bond donors (Lipinski definition) is 2. The fourth-order valence-electron chi connectivity index (χ4n) is 3.55. The van der Waals surface area contributed by atoms with Gasteiger partial charge in [-0.2, -0.15) is 0 Å². The van der Waals surface area contributed by atoms with E-state index in [1.807, 2.05) is 35.1 Å². The number of H-pyrrole nitrogens is 1. The molecule has 0 bridgehead atoms. The second kappa shape index (κ2) is 8.65. The van der Waals surface area contributed by atoms with Gasteiger partial charge in [-0.05, 0) is 48.7 Å². The maximum atomic E-state index is 6.07. The first-order valence-electron chi connectivity index (χ1n) is 10.1. The molecule has 0 spiro atoms. The summed E-state index contributed by atoms with van der Waals surface area (Å²) < 4.78 is 7.54. The number of nitrogens with zero attached hydrogens (tertiary/aromatic N) is 4. The highest BCUT2D eigenvalue weighted by molar-refractivity contribution is 6.31. The molecule has 0 atom stereocenters. The van der Waals surface area contributed by atoms with Crippen LogP contribution in [0.5, 0.6) is 0 Å². The number of benzene rings is 2. The number of oxazole rings is 1. The molecule has 0 unspecified atom stereocenters. The van der Waals surface area contributed by atoms with Crippen LogP contribution in [0.15, 0.2) is 71.6 Å². The number of fused-ring (bicyclic) bond motifs is 1. The maximum absolute atomic E-state index is 6.07. The summed E-state index contributed by atoms with van der Waals surface area (Å²) in [5.41, 5.74) is 4.97. The Labute approximate surface area is 184 Å². The highest BCUT2D eigenvalue weighted by Gasteiger charge is 2.10. The average molecular weight is 433 g/mol. The van der Waals surface area contributed by atoms with E-state index >= 15 is 0 Å². The third kappa shape index (κ3) is 4.62. The molecule has 0 fully saturated rings. The van der Waals surface area contributed by atoms with Gasteiger partial charge in [0.05, 0.1) is 18.4 Å². The predicted molar refractivity (Wildman–Crippen MR) is 121 cm³/mol. The van der Waals surface area contributed by atoms with Crippen molar-refractivity contribution in [2.45, 2.75) is 25.9 Å². The van der Waals surface area contributed by atoms with E-state index < -0.39 is 0 Å². The van der Waals surface area contributed by atoms with Gasteiger partial charge >= 0.3 is 0 Å². The van der Waals surface area contributed by atoms with E-state index in [9.17, 15) is 0 Å². The zero-order chi connectivity index (χ0) is 21.0. The summed E-state index contributed by atoms with van der Waals surface area (Å²) in [6.45, 7) is 1.44. The summed E-state index contributed by atoms with van der Waals surface area (Å²) in [5, 5.41) is 13.0. The average Bonchev–Trinajstić information content (AvgIpc) is 3.53. The molecule has 3 aromatic heterocycles. The Balaban J connectivity index is 1.20. The number of anilines is 1. The van der Waals surface area contributed by atoms with E-state index in [-0.39, 0.29) is 0 Å². The Bertz CT molecular complexity index is 1290. The summed E-state index contributed by atoms with van der Waals surface area (Å²) in [6.07, 6.45) is 7.26. The Morgan fingerprint density at radius 2 is 2.10 bits per heavy atom. The van der Waals surface area contributed by atoms with Gasteiger partial charge in [0, 0.05) is 34.4 Å². The van der Waals surface area contributed by atoms with Crippen molar-refractivity contribution in [2.75, 3.05) is 5.32 Å². The molecule has 2 aromatic carbocycles. The van der Waals surface area contributed by atoms with Gasteiger partial charge in [0.1, 0.15) is 12.0 Å². The van der Waals surface area contributed by atoms with E-state index in [1.54, 1.807) is 12.5 Å². The molecule has 0 radical (unpaired) electrons. The largest absolute Gasteiger partial charge is 0.443 e. The summed E-state index contributed by atoms with van der Waals surface area (Å²) >= 11 is 6.07. The maximum Gasteiger partial charge on any atom is 0.243 e. The first kappa shape index (κ1) is 19.4. The van der Waals surface area contributed by atoms with E-state index in [2.05, 4.69) is 49.9 Å². The van der Waals surface area contributed by atoms with Crippen LogP contribution in [0.2, 0.25) is 5.02 Å². The third-order valence-electron chi connectivity index (χ3n) is 5.09. The van der Waals surface area contributed by atoms with E-state index in [0.29, 0.717) is 17.5 Å². The van der Waals surface area contributed by atoms with Gasteiger partial charge in [-0.3, -0.25) is 4.68 Å². The van der Waals surface area contributed by atoms with Crippen LogP contribution in [0, 0.1) is 0 Å². The standard InChI is InChI=1S/C23H21ClN6O/c24-18-7-6-17-12-22(28-21(17)13-18)23-27-20(15-31-23)14-25-19-5-1-3-16(11-19)4-2-9-30-10-8-26-29-30/h1,3,5-8,10-13,15,25,28H,2,4,9,14H2. The van der Waals surface area contributed by atoms with E-state index in [1.165, 1.54) is 5.56 Å². The first-order chi connectivity index (χ1) is 15.2.